The average Bonchev–Trinajstić information content (AvgIpc) is 2.92. The molecule has 0 aliphatic rings. The van der Waals surface area contributed by atoms with E-state index in [0.29, 0.717) is 23.5 Å². The van der Waals surface area contributed by atoms with Crippen LogP contribution in [0.4, 0.5) is 5.13 Å². The molecule has 2 aromatic heterocycles. The van der Waals surface area contributed by atoms with Gasteiger partial charge in [-0.15, -0.1) is 0 Å². The molecule has 6 nitrogen and oxygen atoms in total. The van der Waals surface area contributed by atoms with E-state index in [-0.39, 0.29) is 12.0 Å². The largest absolute Gasteiger partial charge is 0.375 e. The normalized spacial score (nSPS) is 13.1. The zero-order valence-electron chi connectivity index (χ0n) is 11.5. The SMILES string of the molecule is CCOC(c1noc(-c2sc(N)nc2C)n1)C(C)C. The highest BCUT2D eigenvalue weighted by Gasteiger charge is 2.24. The first-order valence-corrected chi connectivity index (χ1v) is 7.03. The fraction of sp³-hybridized carbons (Fsp3) is 0.583. The molecule has 1 atom stereocenters. The number of aromatic nitrogens is 3. The fourth-order valence-corrected chi connectivity index (χ4v) is 2.56. The second-order valence-electron chi connectivity index (χ2n) is 4.54. The van der Waals surface area contributed by atoms with E-state index in [9.17, 15) is 0 Å². The van der Waals surface area contributed by atoms with E-state index >= 15 is 0 Å². The minimum absolute atomic E-state index is 0.159. The zero-order valence-corrected chi connectivity index (χ0v) is 12.3. The summed E-state index contributed by atoms with van der Waals surface area (Å²) in [5, 5.41) is 4.51. The molecule has 0 spiro atoms. The molecule has 0 saturated heterocycles. The molecular formula is C12H18N4O2S. The molecule has 0 saturated carbocycles. The van der Waals surface area contributed by atoms with Gasteiger partial charge in [0.2, 0.25) is 5.82 Å². The van der Waals surface area contributed by atoms with Crippen LogP contribution < -0.4 is 5.73 Å². The summed E-state index contributed by atoms with van der Waals surface area (Å²) in [5.41, 5.74) is 6.47. The number of hydrogen-bond acceptors (Lipinski definition) is 7. The number of rotatable bonds is 5. The average molecular weight is 282 g/mol. The van der Waals surface area contributed by atoms with Gasteiger partial charge >= 0.3 is 0 Å². The predicted molar refractivity (Wildman–Crippen MR) is 73.8 cm³/mol. The molecule has 104 valence electrons. The van der Waals surface area contributed by atoms with Crippen molar-refractivity contribution in [3.63, 3.8) is 0 Å². The Morgan fingerprint density at radius 2 is 2.11 bits per heavy atom. The first-order valence-electron chi connectivity index (χ1n) is 6.21. The van der Waals surface area contributed by atoms with Gasteiger partial charge in [0.15, 0.2) is 5.13 Å². The smallest absolute Gasteiger partial charge is 0.270 e. The van der Waals surface area contributed by atoms with Crippen molar-refractivity contribution >= 4 is 16.5 Å². The van der Waals surface area contributed by atoms with Crippen molar-refractivity contribution in [2.75, 3.05) is 12.3 Å². The zero-order chi connectivity index (χ0) is 14.0. The molecule has 0 bridgehead atoms. The van der Waals surface area contributed by atoms with Crippen LogP contribution in [0.1, 0.15) is 38.4 Å². The number of nitrogens with two attached hydrogens (primary N) is 1. The molecule has 0 fully saturated rings. The summed E-state index contributed by atoms with van der Waals surface area (Å²) in [5.74, 6) is 1.29. The fourth-order valence-electron chi connectivity index (χ4n) is 1.80. The van der Waals surface area contributed by atoms with Crippen molar-refractivity contribution in [2.45, 2.75) is 33.8 Å². The van der Waals surface area contributed by atoms with E-state index in [2.05, 4.69) is 29.0 Å². The third-order valence-electron chi connectivity index (χ3n) is 2.66. The van der Waals surface area contributed by atoms with Crippen LogP contribution in [0.3, 0.4) is 0 Å². The van der Waals surface area contributed by atoms with E-state index in [1.807, 2.05) is 13.8 Å². The Morgan fingerprint density at radius 1 is 1.37 bits per heavy atom. The molecule has 0 aliphatic heterocycles. The van der Waals surface area contributed by atoms with Crippen LogP contribution in [-0.2, 0) is 4.74 Å². The number of ether oxygens (including phenoxy) is 1. The summed E-state index contributed by atoms with van der Waals surface area (Å²) in [6, 6.07) is 0. The first-order chi connectivity index (χ1) is 9.02. The maximum Gasteiger partial charge on any atom is 0.270 e. The van der Waals surface area contributed by atoms with Crippen LogP contribution in [0.2, 0.25) is 0 Å². The van der Waals surface area contributed by atoms with Crippen molar-refractivity contribution in [1.82, 2.24) is 15.1 Å². The Kier molecular flexibility index (Phi) is 4.16. The van der Waals surface area contributed by atoms with Gasteiger partial charge in [-0.1, -0.05) is 30.3 Å². The summed E-state index contributed by atoms with van der Waals surface area (Å²) >= 11 is 1.34. The quantitative estimate of drug-likeness (QED) is 0.907. The van der Waals surface area contributed by atoms with E-state index < -0.39 is 0 Å². The Balaban J connectivity index is 2.30. The van der Waals surface area contributed by atoms with E-state index in [1.165, 1.54) is 11.3 Å². The summed E-state index contributed by atoms with van der Waals surface area (Å²) in [4.78, 5) is 9.37. The highest BCUT2D eigenvalue weighted by Crippen LogP contribution is 2.32. The summed E-state index contributed by atoms with van der Waals surface area (Å²) < 4.78 is 10.9. The number of nitrogens with zero attached hydrogens (tertiary/aromatic N) is 3. The van der Waals surface area contributed by atoms with Crippen LogP contribution >= 0.6 is 11.3 Å². The lowest BCUT2D eigenvalue weighted by atomic mass is 10.1. The van der Waals surface area contributed by atoms with Crippen molar-refractivity contribution in [3.05, 3.63) is 11.5 Å². The third kappa shape index (κ3) is 2.93. The molecule has 2 heterocycles. The Labute approximate surface area is 116 Å². The van der Waals surface area contributed by atoms with Gasteiger partial charge in [-0.05, 0) is 19.8 Å². The molecule has 0 amide bonds. The monoisotopic (exact) mass is 282 g/mol. The second-order valence-corrected chi connectivity index (χ2v) is 5.57. The molecule has 0 radical (unpaired) electrons. The number of anilines is 1. The summed E-state index contributed by atoms with van der Waals surface area (Å²) in [7, 11) is 0. The van der Waals surface area contributed by atoms with Crippen LogP contribution in [0.15, 0.2) is 4.52 Å². The van der Waals surface area contributed by atoms with Crippen molar-refractivity contribution in [2.24, 2.45) is 5.92 Å². The van der Waals surface area contributed by atoms with Gasteiger partial charge in [-0.25, -0.2) is 4.98 Å². The minimum Gasteiger partial charge on any atom is -0.375 e. The van der Waals surface area contributed by atoms with Crippen molar-refractivity contribution < 1.29 is 9.26 Å². The molecule has 2 rings (SSSR count). The highest BCUT2D eigenvalue weighted by molar-refractivity contribution is 7.18. The molecule has 0 aromatic carbocycles. The molecule has 2 N–H and O–H groups in total. The number of aryl methyl sites for hydroxylation is 1. The Morgan fingerprint density at radius 3 is 2.63 bits per heavy atom. The van der Waals surface area contributed by atoms with Crippen LogP contribution in [0, 0.1) is 12.8 Å². The van der Waals surface area contributed by atoms with E-state index in [4.69, 9.17) is 15.0 Å². The number of hydrogen-bond donors (Lipinski definition) is 1. The minimum atomic E-state index is -0.159. The van der Waals surface area contributed by atoms with Gasteiger partial charge in [-0.2, -0.15) is 4.98 Å². The maximum atomic E-state index is 5.67. The molecule has 19 heavy (non-hydrogen) atoms. The number of thiazole rings is 1. The first kappa shape index (κ1) is 14.0. The molecule has 2 aromatic rings. The van der Waals surface area contributed by atoms with Gasteiger partial charge in [-0.3, -0.25) is 0 Å². The second kappa shape index (κ2) is 5.66. The topological polar surface area (TPSA) is 87.1 Å². The molecule has 0 aliphatic carbocycles. The van der Waals surface area contributed by atoms with Gasteiger partial charge in [0, 0.05) is 6.61 Å². The van der Waals surface area contributed by atoms with Crippen LogP contribution in [0.25, 0.3) is 10.8 Å². The molecule has 7 heteroatoms. The summed E-state index contributed by atoms with van der Waals surface area (Å²) in [6.07, 6.45) is -0.159. The van der Waals surface area contributed by atoms with Crippen molar-refractivity contribution in [1.29, 1.82) is 0 Å². The Bertz CT molecular complexity index is 550. The summed E-state index contributed by atoms with van der Waals surface area (Å²) in [6.45, 7) is 8.55. The van der Waals surface area contributed by atoms with Gasteiger partial charge in [0.25, 0.3) is 5.89 Å². The van der Waals surface area contributed by atoms with Crippen LogP contribution in [0.5, 0.6) is 0 Å². The highest BCUT2D eigenvalue weighted by atomic mass is 32.1. The number of nitrogen functional groups attached to an aromatic ring is 1. The molecule has 1 unspecified atom stereocenters. The standard InChI is InChI=1S/C12H18N4O2S/c1-5-17-8(6(2)3)10-15-11(18-16-10)9-7(4)14-12(13)19-9/h6,8H,5H2,1-4H3,(H2,13,14). The predicted octanol–water partition coefficient (Wildman–Crippen LogP) is 2.82. The lowest BCUT2D eigenvalue weighted by molar-refractivity contribution is 0.0217. The van der Waals surface area contributed by atoms with Gasteiger partial charge in [0.05, 0.1) is 5.69 Å². The lowest BCUT2D eigenvalue weighted by Crippen LogP contribution is -2.12. The van der Waals surface area contributed by atoms with E-state index in [1.54, 1.807) is 0 Å². The van der Waals surface area contributed by atoms with Gasteiger partial charge in [0.1, 0.15) is 11.0 Å². The van der Waals surface area contributed by atoms with E-state index in [0.717, 1.165) is 10.6 Å². The van der Waals surface area contributed by atoms with Crippen LogP contribution in [-0.4, -0.2) is 21.7 Å². The van der Waals surface area contributed by atoms with Gasteiger partial charge < -0.3 is 15.0 Å². The third-order valence-corrected chi connectivity index (χ3v) is 3.63. The maximum absolute atomic E-state index is 5.67. The lowest BCUT2D eigenvalue weighted by Gasteiger charge is -2.16. The Hall–Kier alpha value is -1.47. The molecular weight excluding hydrogens is 264 g/mol. The van der Waals surface area contributed by atoms with Crippen molar-refractivity contribution in [3.8, 4) is 10.8 Å².